The van der Waals surface area contributed by atoms with Crippen molar-refractivity contribution in [3.63, 3.8) is 0 Å². The van der Waals surface area contributed by atoms with Crippen molar-refractivity contribution in [2.45, 2.75) is 37.0 Å². The van der Waals surface area contributed by atoms with E-state index >= 15 is 0 Å². The number of halogens is 5. The maximum Gasteiger partial charge on any atom is 0.416 e. The fraction of sp³-hybridized carbons (Fsp3) is 0.219. The molecule has 10 nitrogen and oxygen atoms in total. The molecule has 0 bridgehead atoms. The van der Waals surface area contributed by atoms with E-state index in [4.69, 9.17) is 23.2 Å². The number of hydrogen-bond acceptors (Lipinski definition) is 7. The number of benzene rings is 2. The summed E-state index contributed by atoms with van der Waals surface area (Å²) in [5.74, 6) is 5.27. The number of hydrogen-bond donors (Lipinski definition) is 3. The average Bonchev–Trinajstić information content (AvgIpc) is 3.86. The van der Waals surface area contributed by atoms with Crippen molar-refractivity contribution in [1.29, 1.82) is 0 Å². The highest BCUT2D eigenvalue weighted by Gasteiger charge is 2.33. The van der Waals surface area contributed by atoms with E-state index in [-0.39, 0.29) is 27.9 Å². The molecule has 254 valence electrons. The number of nitrogens with zero attached hydrogens (tertiary/aromatic N) is 4. The summed E-state index contributed by atoms with van der Waals surface area (Å²) in [6.45, 7) is 0.839. The van der Waals surface area contributed by atoms with Crippen LogP contribution < -0.4 is 9.73 Å². The van der Waals surface area contributed by atoms with E-state index in [0.717, 1.165) is 37.6 Å². The summed E-state index contributed by atoms with van der Waals surface area (Å²) in [6, 6.07) is 12.8. The molecular formula is C32H26Cl2F3N7O3S2. The van der Waals surface area contributed by atoms with E-state index in [1.54, 1.807) is 24.3 Å². The van der Waals surface area contributed by atoms with Crippen LogP contribution in [0.2, 0.25) is 10.0 Å². The summed E-state index contributed by atoms with van der Waals surface area (Å²) >= 11 is 14.0. The Labute approximate surface area is 293 Å². The average molecular weight is 749 g/mol. The second-order valence-corrected chi connectivity index (χ2v) is 14.5. The molecule has 1 fully saturated rings. The first kappa shape index (κ1) is 34.7. The largest absolute Gasteiger partial charge is 0.416 e. The smallest absolute Gasteiger partial charge is 0.335 e. The van der Waals surface area contributed by atoms with E-state index in [1.807, 2.05) is 5.01 Å². The number of H-pyrrole nitrogens is 2. The molecule has 3 N–H and O–H groups in total. The summed E-state index contributed by atoms with van der Waals surface area (Å²) in [5, 5.41) is 11.1. The van der Waals surface area contributed by atoms with E-state index < -0.39 is 27.7 Å². The molecule has 1 saturated heterocycles. The first-order valence-electron chi connectivity index (χ1n) is 14.8. The van der Waals surface area contributed by atoms with Crippen molar-refractivity contribution < 1.29 is 26.4 Å². The van der Waals surface area contributed by atoms with Crippen molar-refractivity contribution in [1.82, 2.24) is 29.9 Å². The van der Waals surface area contributed by atoms with Crippen LogP contribution in [0, 0.1) is 11.8 Å². The minimum atomic E-state index is -4.45. The van der Waals surface area contributed by atoms with Gasteiger partial charge in [0.2, 0.25) is 0 Å². The van der Waals surface area contributed by atoms with Gasteiger partial charge in [-0.05, 0) is 67.4 Å². The molecule has 17 heteroatoms. The monoisotopic (exact) mass is 747 g/mol. The number of imidazole rings is 1. The lowest BCUT2D eigenvalue weighted by molar-refractivity contribution is -0.137. The molecule has 0 radical (unpaired) electrons. The van der Waals surface area contributed by atoms with Crippen LogP contribution in [0.4, 0.5) is 18.9 Å². The van der Waals surface area contributed by atoms with Crippen molar-refractivity contribution >= 4 is 56.2 Å². The highest BCUT2D eigenvalue weighted by molar-refractivity contribution is 7.89. The van der Waals surface area contributed by atoms with Gasteiger partial charge in [0.1, 0.15) is 0 Å². The zero-order valence-corrected chi connectivity index (χ0v) is 28.5. The number of carbonyl (C=O) groups is 1. The molecule has 0 atom stereocenters. The fourth-order valence-corrected chi connectivity index (χ4v) is 7.46. The van der Waals surface area contributed by atoms with Crippen LogP contribution >= 0.6 is 34.5 Å². The third-order valence-corrected chi connectivity index (χ3v) is 10.5. The molecule has 3 aromatic heterocycles. The van der Waals surface area contributed by atoms with Crippen molar-refractivity contribution in [2.24, 2.45) is 0 Å². The number of aromatic amines is 2. The highest BCUT2D eigenvalue weighted by atomic mass is 35.5. The van der Waals surface area contributed by atoms with Gasteiger partial charge in [0.25, 0.3) is 15.9 Å². The minimum absolute atomic E-state index is 0.0373. The maximum absolute atomic E-state index is 14.5. The second-order valence-electron chi connectivity index (χ2n) is 10.9. The molecule has 6 rings (SSSR count). The summed E-state index contributed by atoms with van der Waals surface area (Å²) in [6.07, 6.45) is 0.647. The Bertz CT molecular complexity index is 2130. The predicted octanol–water partition coefficient (Wildman–Crippen LogP) is 7.11. The Balaban J connectivity index is 1.37. The zero-order chi connectivity index (χ0) is 34.8. The number of anilines is 1. The zero-order valence-electron chi connectivity index (χ0n) is 25.3. The molecule has 2 aromatic carbocycles. The van der Waals surface area contributed by atoms with Gasteiger partial charge in [0, 0.05) is 35.8 Å². The van der Waals surface area contributed by atoms with Crippen LogP contribution in [0.15, 0.2) is 72.1 Å². The van der Waals surface area contributed by atoms with E-state index in [2.05, 4.69) is 36.7 Å². The van der Waals surface area contributed by atoms with Gasteiger partial charge in [-0.25, -0.2) is 28.1 Å². The lowest BCUT2D eigenvalue weighted by atomic mass is 10.1. The summed E-state index contributed by atoms with van der Waals surface area (Å²) in [5.41, 5.74) is 0.625. The number of rotatable bonds is 8. The number of sulfonamides is 1. The molecule has 0 spiro atoms. The Kier molecular flexibility index (Phi) is 10.2. The molecule has 1 aliphatic rings. The molecule has 0 aliphatic carbocycles. The van der Waals surface area contributed by atoms with E-state index in [0.29, 0.717) is 44.8 Å². The summed E-state index contributed by atoms with van der Waals surface area (Å²) in [4.78, 5) is 22.0. The van der Waals surface area contributed by atoms with Gasteiger partial charge in [-0.1, -0.05) is 41.5 Å². The van der Waals surface area contributed by atoms with Crippen molar-refractivity contribution in [3.8, 4) is 22.4 Å². The highest BCUT2D eigenvalue weighted by Crippen LogP contribution is 2.35. The number of alkyl halides is 3. The molecule has 0 saturated carbocycles. The number of aromatic nitrogens is 4. The van der Waals surface area contributed by atoms with Gasteiger partial charge in [-0.3, -0.25) is 9.89 Å². The van der Waals surface area contributed by atoms with Crippen LogP contribution in [0.5, 0.6) is 0 Å². The predicted molar refractivity (Wildman–Crippen MR) is 181 cm³/mol. The summed E-state index contributed by atoms with van der Waals surface area (Å²) in [7, 11) is -4.06. The number of carbonyl (C=O) groups excluding carboxylic acids is 1. The Morgan fingerprint density at radius 3 is 2.47 bits per heavy atom. The van der Waals surface area contributed by atoms with Gasteiger partial charge in [0.15, 0.2) is 10.7 Å². The quantitative estimate of drug-likeness (QED) is 0.145. The summed E-state index contributed by atoms with van der Waals surface area (Å²) < 4.78 is 67.5. The molecular weight excluding hydrogens is 722 g/mol. The molecule has 5 aromatic rings. The number of piperidine rings is 1. The van der Waals surface area contributed by atoms with Crippen LogP contribution in [-0.2, 0) is 22.7 Å². The number of nitrogens with one attached hydrogen (secondary N) is 3. The lowest BCUT2D eigenvalue weighted by Gasteiger charge is -2.37. The second kappa shape index (κ2) is 14.4. The Morgan fingerprint density at radius 1 is 1.04 bits per heavy atom. The van der Waals surface area contributed by atoms with Crippen LogP contribution in [0.3, 0.4) is 0 Å². The topological polar surface area (TPSA) is 127 Å². The van der Waals surface area contributed by atoms with Gasteiger partial charge in [0.05, 0.1) is 44.2 Å². The first-order valence-corrected chi connectivity index (χ1v) is 17.9. The van der Waals surface area contributed by atoms with E-state index in [9.17, 15) is 26.4 Å². The maximum atomic E-state index is 14.5. The number of amides is 1. The van der Waals surface area contributed by atoms with Crippen molar-refractivity contribution in [2.75, 3.05) is 18.1 Å². The molecule has 4 heterocycles. The SMILES string of the molecule is O=C(c1n[nH]c(-c2ccc(C#Cc3ccc(C(F)(F)F)cc3)s2)c1CNS(=O)(=O)c1cnc[nH]1)N(c1ccc(Cl)cc1Cl)N1CCCCC1. The Hall–Kier alpha value is -4.17. The van der Waals surface area contributed by atoms with Gasteiger partial charge < -0.3 is 4.98 Å². The lowest BCUT2D eigenvalue weighted by Crippen LogP contribution is -2.49. The third-order valence-electron chi connectivity index (χ3n) is 7.61. The first-order chi connectivity index (χ1) is 23.4. The van der Waals surface area contributed by atoms with Gasteiger partial charge >= 0.3 is 6.18 Å². The fourth-order valence-electron chi connectivity index (χ4n) is 5.19. The molecule has 1 amide bonds. The van der Waals surface area contributed by atoms with Crippen LogP contribution in [0.25, 0.3) is 10.6 Å². The van der Waals surface area contributed by atoms with Gasteiger partial charge in [-0.15, -0.1) is 11.3 Å². The van der Waals surface area contributed by atoms with E-state index in [1.165, 1.54) is 40.9 Å². The molecule has 0 unspecified atom stereocenters. The normalized spacial score (nSPS) is 14.0. The minimum Gasteiger partial charge on any atom is -0.335 e. The Morgan fingerprint density at radius 2 is 1.80 bits per heavy atom. The molecule has 49 heavy (non-hydrogen) atoms. The number of hydrazine groups is 1. The standard InChI is InChI=1S/C32H26Cl2F3N7O3S2/c33-22-9-12-26(25(34)16-22)44(43-14-2-1-3-15-43)31(45)30-24(17-40-49(46,47)28-18-38-19-39-28)29(41-42-30)27-13-11-23(48-27)10-6-20-4-7-21(8-5-20)32(35,36)37/h4-5,7-9,11-13,16,18-19,40H,1-3,14-15,17H2,(H,38,39)(H,41,42). The van der Waals surface area contributed by atoms with Crippen LogP contribution in [-0.4, -0.2) is 52.6 Å². The third kappa shape index (κ3) is 7.85. The van der Waals surface area contributed by atoms with Crippen molar-refractivity contribution in [3.05, 3.63) is 104 Å². The van der Waals surface area contributed by atoms with Crippen LogP contribution in [0.1, 0.15) is 51.3 Å². The number of thiophene rings is 1. The van der Waals surface area contributed by atoms with Gasteiger partial charge in [-0.2, -0.15) is 18.3 Å². The molecule has 1 aliphatic heterocycles.